The van der Waals surface area contributed by atoms with Crippen LogP contribution >= 0.6 is 48.0 Å². The molecule has 0 unspecified atom stereocenters. The molecule has 80 valence electrons. The van der Waals surface area contributed by atoms with E-state index in [-0.39, 0.29) is 48.0 Å². The maximum Gasteiger partial charge on any atom is 0.0360 e. The molecule has 2 rings (SSSR count). The van der Waals surface area contributed by atoms with Crippen LogP contribution in [0.2, 0.25) is 0 Å². The Morgan fingerprint density at radius 2 is 2.21 bits per heavy atom. The third-order valence-electron chi connectivity index (χ3n) is 2.59. The van der Waals surface area contributed by atoms with Crippen molar-refractivity contribution in [1.82, 2.24) is 9.88 Å². The molecule has 1 aromatic heterocycles. The van der Waals surface area contributed by atoms with Crippen LogP contribution in [0.3, 0.4) is 0 Å². The molecule has 14 heavy (non-hydrogen) atoms. The second-order valence-electron chi connectivity index (χ2n) is 3.42. The molecular weight excluding hydrogens is 402 g/mol. The number of rotatable bonds is 1. The SMILES string of the molecule is CN1CCC[C@H]1c1cccnc1.I.I. The van der Waals surface area contributed by atoms with E-state index < -0.39 is 0 Å². The fraction of sp³-hybridized carbons (Fsp3) is 0.500. The quantitative estimate of drug-likeness (QED) is 0.653. The van der Waals surface area contributed by atoms with Gasteiger partial charge in [-0.1, -0.05) is 6.07 Å². The molecular formula is C10H16I2N2. The first-order valence-corrected chi connectivity index (χ1v) is 4.48. The molecule has 0 radical (unpaired) electrons. The first kappa shape index (κ1) is 14.6. The lowest BCUT2D eigenvalue weighted by molar-refractivity contribution is 0.317. The van der Waals surface area contributed by atoms with E-state index in [1.165, 1.54) is 24.9 Å². The van der Waals surface area contributed by atoms with Gasteiger partial charge in [-0.3, -0.25) is 9.88 Å². The van der Waals surface area contributed by atoms with Gasteiger partial charge in [-0.25, -0.2) is 0 Å². The van der Waals surface area contributed by atoms with Gasteiger partial charge in [-0.2, -0.15) is 0 Å². The second kappa shape index (κ2) is 6.95. The summed E-state index contributed by atoms with van der Waals surface area (Å²) in [5.41, 5.74) is 1.36. The molecule has 4 heteroatoms. The van der Waals surface area contributed by atoms with Crippen molar-refractivity contribution in [3.8, 4) is 0 Å². The zero-order chi connectivity index (χ0) is 8.39. The van der Waals surface area contributed by atoms with Crippen molar-refractivity contribution >= 4 is 48.0 Å². The monoisotopic (exact) mass is 418 g/mol. The lowest BCUT2D eigenvalue weighted by Gasteiger charge is -2.18. The highest BCUT2D eigenvalue weighted by molar-refractivity contribution is 14.0. The van der Waals surface area contributed by atoms with Gasteiger partial charge in [0.15, 0.2) is 0 Å². The number of hydrogen-bond donors (Lipinski definition) is 0. The van der Waals surface area contributed by atoms with E-state index in [2.05, 4.69) is 23.0 Å². The molecule has 1 fully saturated rings. The minimum absolute atomic E-state index is 0. The van der Waals surface area contributed by atoms with Crippen molar-refractivity contribution in [3.63, 3.8) is 0 Å². The van der Waals surface area contributed by atoms with Gasteiger partial charge in [0.2, 0.25) is 0 Å². The lowest BCUT2D eigenvalue weighted by Crippen LogP contribution is -2.17. The third-order valence-corrected chi connectivity index (χ3v) is 2.59. The Balaban J connectivity index is 0.000000845. The van der Waals surface area contributed by atoms with Crippen molar-refractivity contribution in [3.05, 3.63) is 30.1 Å². The topological polar surface area (TPSA) is 16.1 Å². The van der Waals surface area contributed by atoms with Crippen molar-refractivity contribution in [1.29, 1.82) is 0 Å². The Morgan fingerprint density at radius 1 is 1.43 bits per heavy atom. The molecule has 0 saturated carbocycles. The van der Waals surface area contributed by atoms with Crippen LogP contribution in [0.1, 0.15) is 24.4 Å². The van der Waals surface area contributed by atoms with Gasteiger partial charge in [0.25, 0.3) is 0 Å². The molecule has 1 atom stereocenters. The largest absolute Gasteiger partial charge is 0.299 e. The summed E-state index contributed by atoms with van der Waals surface area (Å²) in [7, 11) is 2.19. The van der Waals surface area contributed by atoms with Gasteiger partial charge in [-0.15, -0.1) is 48.0 Å². The van der Waals surface area contributed by atoms with Crippen molar-refractivity contribution < 1.29 is 0 Å². The summed E-state index contributed by atoms with van der Waals surface area (Å²) >= 11 is 0. The smallest absolute Gasteiger partial charge is 0.0360 e. The van der Waals surface area contributed by atoms with E-state index in [1.807, 2.05) is 18.5 Å². The number of aromatic nitrogens is 1. The van der Waals surface area contributed by atoms with Crippen LogP contribution in [0.25, 0.3) is 0 Å². The molecule has 1 aliphatic rings. The summed E-state index contributed by atoms with van der Waals surface area (Å²) in [6, 6.07) is 4.79. The van der Waals surface area contributed by atoms with Crippen LogP contribution in [0.4, 0.5) is 0 Å². The van der Waals surface area contributed by atoms with Crippen LogP contribution in [0.5, 0.6) is 0 Å². The maximum absolute atomic E-state index is 4.14. The first-order valence-electron chi connectivity index (χ1n) is 4.48. The zero-order valence-electron chi connectivity index (χ0n) is 8.22. The van der Waals surface area contributed by atoms with Crippen molar-refractivity contribution in [2.75, 3.05) is 13.6 Å². The van der Waals surface area contributed by atoms with Gasteiger partial charge in [-0.05, 0) is 38.1 Å². The lowest BCUT2D eigenvalue weighted by atomic mass is 10.1. The van der Waals surface area contributed by atoms with Gasteiger partial charge in [0, 0.05) is 18.4 Å². The minimum atomic E-state index is 0. The summed E-state index contributed by atoms with van der Waals surface area (Å²) in [4.78, 5) is 6.54. The average Bonchev–Trinajstić information content (AvgIpc) is 2.53. The fourth-order valence-electron chi connectivity index (χ4n) is 1.90. The molecule has 1 aromatic rings. The number of halogens is 2. The maximum atomic E-state index is 4.14. The Bertz CT molecular complexity index is 254. The molecule has 0 aromatic carbocycles. The van der Waals surface area contributed by atoms with E-state index in [0.717, 1.165) is 0 Å². The van der Waals surface area contributed by atoms with Gasteiger partial charge >= 0.3 is 0 Å². The van der Waals surface area contributed by atoms with Crippen LogP contribution in [-0.2, 0) is 0 Å². The molecule has 2 nitrogen and oxygen atoms in total. The van der Waals surface area contributed by atoms with Crippen LogP contribution < -0.4 is 0 Å². The Hall–Kier alpha value is 0.570. The second-order valence-corrected chi connectivity index (χ2v) is 3.42. The van der Waals surface area contributed by atoms with E-state index in [4.69, 9.17) is 0 Å². The van der Waals surface area contributed by atoms with Crippen LogP contribution in [0.15, 0.2) is 24.5 Å². The number of pyridine rings is 1. The molecule has 1 saturated heterocycles. The summed E-state index contributed by atoms with van der Waals surface area (Å²) in [6.07, 6.45) is 6.41. The first-order chi connectivity index (χ1) is 5.88. The number of hydrogen-bond acceptors (Lipinski definition) is 2. The number of nitrogens with zero attached hydrogens (tertiary/aromatic N) is 2. The molecule has 1 aliphatic heterocycles. The number of likely N-dealkylation sites (tertiary alicyclic amines) is 1. The molecule has 0 aliphatic carbocycles. The highest BCUT2D eigenvalue weighted by Crippen LogP contribution is 2.29. The molecule has 0 bridgehead atoms. The molecule has 0 amide bonds. The fourth-order valence-corrected chi connectivity index (χ4v) is 1.90. The van der Waals surface area contributed by atoms with Gasteiger partial charge < -0.3 is 0 Å². The van der Waals surface area contributed by atoms with Crippen LogP contribution in [-0.4, -0.2) is 23.5 Å². The summed E-state index contributed by atoms with van der Waals surface area (Å²) < 4.78 is 0. The predicted octanol–water partition coefficient (Wildman–Crippen LogP) is 3.08. The highest BCUT2D eigenvalue weighted by atomic mass is 127. The standard InChI is InChI=1S/C10H14N2.2HI/c1-12-7-3-5-10(12)9-4-2-6-11-8-9;;/h2,4,6,8,10H,3,5,7H2,1H3;2*1H/t10-;;/m0../s1. The molecule has 0 N–H and O–H groups in total. The average molecular weight is 418 g/mol. The molecule has 0 spiro atoms. The zero-order valence-corrected chi connectivity index (χ0v) is 12.9. The third kappa shape index (κ3) is 3.30. The molecule has 2 heterocycles. The van der Waals surface area contributed by atoms with E-state index in [1.54, 1.807) is 0 Å². The van der Waals surface area contributed by atoms with Crippen LogP contribution in [0, 0.1) is 0 Å². The summed E-state index contributed by atoms with van der Waals surface area (Å²) in [5, 5.41) is 0. The summed E-state index contributed by atoms with van der Waals surface area (Å²) in [6.45, 7) is 1.22. The normalized spacial score (nSPS) is 21.1. The Kier molecular flexibility index (Phi) is 7.23. The van der Waals surface area contributed by atoms with Gasteiger partial charge in [0.1, 0.15) is 0 Å². The van der Waals surface area contributed by atoms with Crippen molar-refractivity contribution in [2.45, 2.75) is 18.9 Å². The Labute approximate surface area is 120 Å². The van der Waals surface area contributed by atoms with Crippen molar-refractivity contribution in [2.24, 2.45) is 0 Å². The van der Waals surface area contributed by atoms with E-state index in [9.17, 15) is 0 Å². The van der Waals surface area contributed by atoms with E-state index in [0.29, 0.717) is 6.04 Å². The minimum Gasteiger partial charge on any atom is -0.299 e. The van der Waals surface area contributed by atoms with E-state index >= 15 is 0 Å². The predicted molar refractivity (Wildman–Crippen MR) is 79.7 cm³/mol. The highest BCUT2D eigenvalue weighted by Gasteiger charge is 2.21. The van der Waals surface area contributed by atoms with Gasteiger partial charge in [0.05, 0.1) is 0 Å². The Morgan fingerprint density at radius 3 is 2.71 bits per heavy atom. The summed E-state index contributed by atoms with van der Waals surface area (Å²) in [5.74, 6) is 0.